The lowest BCUT2D eigenvalue weighted by Gasteiger charge is -2.28. The maximum atomic E-state index is 13.6. The van der Waals surface area contributed by atoms with E-state index in [0.29, 0.717) is 12.0 Å². The van der Waals surface area contributed by atoms with E-state index < -0.39 is 29.8 Å². The lowest BCUT2D eigenvalue weighted by atomic mass is 10.0. The third-order valence-corrected chi connectivity index (χ3v) is 3.90. The number of amides is 2. The smallest absolute Gasteiger partial charge is 0.338 e. The molecule has 2 amide bonds. The maximum absolute atomic E-state index is 13.6. The van der Waals surface area contributed by atoms with E-state index in [2.05, 4.69) is 10.6 Å². The van der Waals surface area contributed by atoms with Crippen LogP contribution in [0.25, 0.3) is 0 Å². The number of nitrogens with one attached hydrogen (secondary N) is 2. The molecule has 0 bridgehead atoms. The molecule has 0 saturated heterocycles. The van der Waals surface area contributed by atoms with Gasteiger partial charge in [-0.05, 0) is 38.0 Å². The Labute approximate surface area is 150 Å². The monoisotopic (exact) mass is 364 g/mol. The normalized spacial score (nSPS) is 16.6. The highest BCUT2D eigenvalue weighted by Gasteiger charge is 2.32. The first-order valence-electron chi connectivity index (χ1n) is 8.28. The van der Waals surface area contributed by atoms with Crippen LogP contribution in [0, 0.1) is 12.7 Å². The third-order valence-electron chi connectivity index (χ3n) is 3.90. The Hall–Kier alpha value is -2.90. The summed E-state index contributed by atoms with van der Waals surface area (Å²) in [7, 11) is 0. The molecule has 0 fully saturated rings. The zero-order chi connectivity index (χ0) is 19.3. The first kappa shape index (κ1) is 19.4. The molecule has 1 aliphatic heterocycles. The second-order valence-corrected chi connectivity index (χ2v) is 5.71. The lowest BCUT2D eigenvalue weighted by Crippen LogP contribution is -2.51. The van der Waals surface area contributed by atoms with Gasteiger partial charge in [0.25, 0.3) is 0 Å². The first-order valence-corrected chi connectivity index (χ1v) is 8.28. The van der Waals surface area contributed by atoms with Gasteiger partial charge in [0.15, 0.2) is 0 Å². The van der Waals surface area contributed by atoms with E-state index in [1.807, 2.05) is 0 Å². The minimum Gasteiger partial charge on any atom is -0.463 e. The van der Waals surface area contributed by atoms with Crippen molar-refractivity contribution in [1.29, 1.82) is 0 Å². The number of benzene rings is 1. The third kappa shape index (κ3) is 4.38. The van der Waals surface area contributed by atoms with E-state index in [-0.39, 0.29) is 30.0 Å². The number of aryl methyl sites for hydroxylation is 1. The fraction of sp³-hybridized carbons (Fsp3) is 0.389. The Morgan fingerprint density at radius 3 is 2.54 bits per heavy atom. The van der Waals surface area contributed by atoms with Crippen molar-refractivity contribution in [3.05, 3.63) is 46.4 Å². The molecule has 1 aliphatic rings. The zero-order valence-corrected chi connectivity index (χ0v) is 14.8. The predicted molar refractivity (Wildman–Crippen MR) is 90.8 cm³/mol. The van der Waals surface area contributed by atoms with Gasteiger partial charge in [-0.15, -0.1) is 0 Å². The summed E-state index contributed by atoms with van der Waals surface area (Å²) in [4.78, 5) is 36.1. The molecular formula is C18H21FN2O5. The van der Waals surface area contributed by atoms with E-state index in [9.17, 15) is 18.8 Å². The van der Waals surface area contributed by atoms with E-state index in [0.717, 1.165) is 6.07 Å². The molecule has 1 aromatic rings. The van der Waals surface area contributed by atoms with Crippen molar-refractivity contribution < 1.29 is 28.2 Å². The summed E-state index contributed by atoms with van der Waals surface area (Å²) < 4.78 is 23.8. The van der Waals surface area contributed by atoms with Crippen LogP contribution in [-0.4, -0.2) is 37.2 Å². The molecule has 0 aromatic heterocycles. The number of carbonyl (C=O) groups is 3. The van der Waals surface area contributed by atoms with Gasteiger partial charge in [0, 0.05) is 0 Å². The number of hydrogen-bond acceptors (Lipinski definition) is 5. The van der Waals surface area contributed by atoms with Crippen LogP contribution in [0.2, 0.25) is 0 Å². The van der Waals surface area contributed by atoms with E-state index in [1.54, 1.807) is 20.8 Å². The molecule has 1 heterocycles. The summed E-state index contributed by atoms with van der Waals surface area (Å²) in [5, 5.41) is 5.09. The highest BCUT2D eigenvalue weighted by Crippen LogP contribution is 2.18. The van der Waals surface area contributed by atoms with Crippen LogP contribution in [0.4, 0.5) is 9.18 Å². The molecular weight excluding hydrogens is 343 g/mol. The molecule has 140 valence electrons. The Kier molecular flexibility index (Phi) is 6.32. The fourth-order valence-electron chi connectivity index (χ4n) is 2.52. The second-order valence-electron chi connectivity index (χ2n) is 5.71. The van der Waals surface area contributed by atoms with Gasteiger partial charge in [0.05, 0.1) is 29.5 Å². The van der Waals surface area contributed by atoms with Gasteiger partial charge < -0.3 is 20.1 Å². The van der Waals surface area contributed by atoms with Crippen LogP contribution in [0.5, 0.6) is 0 Å². The standard InChI is InChI=1S/C18H21FN2O5/c1-4-13-15(17(23)25-5-2)14(21-18(24)20-13)9-26-16(22)11-7-6-10(3)12(19)8-11/h6-8,13H,4-5,9H2,1-3H3,(H2,20,21,24)/t13-/m1/s1. The molecule has 0 unspecified atom stereocenters. The van der Waals surface area contributed by atoms with Crippen molar-refractivity contribution in [3.63, 3.8) is 0 Å². The molecule has 0 radical (unpaired) electrons. The van der Waals surface area contributed by atoms with Crippen molar-refractivity contribution >= 4 is 18.0 Å². The largest absolute Gasteiger partial charge is 0.463 e. The van der Waals surface area contributed by atoms with Crippen LogP contribution in [0.3, 0.4) is 0 Å². The van der Waals surface area contributed by atoms with Gasteiger partial charge in [0.2, 0.25) is 0 Å². The van der Waals surface area contributed by atoms with Crippen molar-refractivity contribution in [2.45, 2.75) is 33.2 Å². The van der Waals surface area contributed by atoms with Crippen molar-refractivity contribution in [1.82, 2.24) is 10.6 Å². The Morgan fingerprint density at radius 1 is 1.19 bits per heavy atom. The molecule has 2 rings (SSSR count). The summed E-state index contributed by atoms with van der Waals surface area (Å²) in [6.07, 6.45) is 0.461. The minimum absolute atomic E-state index is 0.0405. The van der Waals surface area contributed by atoms with Crippen LogP contribution in [-0.2, 0) is 14.3 Å². The first-order chi connectivity index (χ1) is 12.4. The molecule has 26 heavy (non-hydrogen) atoms. The highest BCUT2D eigenvalue weighted by molar-refractivity contribution is 5.95. The van der Waals surface area contributed by atoms with Crippen molar-refractivity contribution in [2.75, 3.05) is 13.2 Å². The average molecular weight is 364 g/mol. The molecule has 0 saturated carbocycles. The second kappa shape index (κ2) is 8.46. The van der Waals surface area contributed by atoms with Gasteiger partial charge in [-0.2, -0.15) is 0 Å². The van der Waals surface area contributed by atoms with Crippen molar-refractivity contribution in [2.24, 2.45) is 0 Å². The topological polar surface area (TPSA) is 93.7 Å². The Morgan fingerprint density at radius 2 is 1.92 bits per heavy atom. The number of hydrogen-bond donors (Lipinski definition) is 2. The van der Waals surface area contributed by atoms with Gasteiger partial charge in [-0.25, -0.2) is 18.8 Å². The number of ether oxygens (including phenoxy) is 2. The number of esters is 2. The van der Waals surface area contributed by atoms with Crippen molar-refractivity contribution in [3.8, 4) is 0 Å². The van der Waals surface area contributed by atoms with Crippen LogP contribution in [0.15, 0.2) is 29.5 Å². The molecule has 1 atom stereocenters. The quantitative estimate of drug-likeness (QED) is 0.755. The molecule has 7 nitrogen and oxygen atoms in total. The van der Waals surface area contributed by atoms with E-state index in [4.69, 9.17) is 9.47 Å². The van der Waals surface area contributed by atoms with Crippen LogP contribution < -0.4 is 10.6 Å². The van der Waals surface area contributed by atoms with Gasteiger partial charge in [0.1, 0.15) is 12.4 Å². The average Bonchev–Trinajstić information content (AvgIpc) is 2.61. The number of carbonyl (C=O) groups excluding carboxylic acids is 3. The zero-order valence-electron chi connectivity index (χ0n) is 14.8. The van der Waals surface area contributed by atoms with E-state index >= 15 is 0 Å². The molecule has 2 N–H and O–H groups in total. The van der Waals surface area contributed by atoms with E-state index in [1.165, 1.54) is 12.1 Å². The van der Waals surface area contributed by atoms with Crippen LogP contribution >= 0.6 is 0 Å². The number of rotatable bonds is 6. The summed E-state index contributed by atoms with van der Waals surface area (Å²) >= 11 is 0. The van der Waals surface area contributed by atoms with Gasteiger partial charge in [-0.3, -0.25) is 0 Å². The SMILES string of the molecule is CCOC(=O)C1=C(COC(=O)c2ccc(C)c(F)c2)NC(=O)N[C@@H]1CC. The lowest BCUT2D eigenvalue weighted by molar-refractivity contribution is -0.139. The Balaban J connectivity index is 2.21. The molecule has 1 aromatic carbocycles. The molecule has 0 aliphatic carbocycles. The molecule has 0 spiro atoms. The highest BCUT2D eigenvalue weighted by atomic mass is 19.1. The molecule has 8 heteroatoms. The fourth-order valence-corrected chi connectivity index (χ4v) is 2.52. The van der Waals surface area contributed by atoms with Gasteiger partial charge >= 0.3 is 18.0 Å². The summed E-state index contributed by atoms with van der Waals surface area (Å²) in [6.45, 7) is 4.87. The minimum atomic E-state index is -0.763. The van der Waals surface area contributed by atoms with Crippen LogP contribution in [0.1, 0.15) is 36.2 Å². The summed E-state index contributed by atoms with van der Waals surface area (Å²) in [5.41, 5.74) is 0.806. The maximum Gasteiger partial charge on any atom is 0.338 e. The number of urea groups is 1. The predicted octanol–water partition coefficient (Wildman–Crippen LogP) is 2.20. The number of halogens is 1. The van der Waals surface area contributed by atoms with Gasteiger partial charge in [-0.1, -0.05) is 13.0 Å². The summed E-state index contributed by atoms with van der Waals surface area (Å²) in [5.74, 6) is -1.88. The Bertz CT molecular complexity index is 760. The summed E-state index contributed by atoms with van der Waals surface area (Å²) in [6, 6.07) is 2.94.